The molecule has 0 fully saturated rings. The molecule has 3 N–H and O–H groups in total. The van der Waals surface area contributed by atoms with Crippen LogP contribution in [0.25, 0.3) is 10.9 Å². The molecule has 0 saturated carbocycles. The molecule has 1 aromatic heterocycles. The van der Waals surface area contributed by atoms with Gasteiger partial charge in [0, 0.05) is 28.3 Å². The topological polar surface area (TPSA) is 82.2 Å². The first-order valence-corrected chi connectivity index (χ1v) is 7.64. The second-order valence-corrected chi connectivity index (χ2v) is 5.79. The number of fused-ring (bicyclic) bond motifs is 1. The van der Waals surface area contributed by atoms with Gasteiger partial charge in [-0.15, -0.1) is 0 Å². The number of aliphatic carboxylic acids is 1. The van der Waals surface area contributed by atoms with E-state index in [1.807, 2.05) is 24.3 Å². The third-order valence-corrected chi connectivity index (χ3v) is 3.68. The fourth-order valence-corrected chi connectivity index (χ4v) is 2.46. The molecule has 0 bridgehead atoms. The van der Waals surface area contributed by atoms with E-state index in [4.69, 9.17) is 5.11 Å². The van der Waals surface area contributed by atoms with E-state index in [1.165, 1.54) is 0 Å². The molecule has 0 aliphatic rings. The number of H-pyrrole nitrogens is 1. The molecule has 0 aliphatic carbocycles. The molecule has 1 heterocycles. The van der Waals surface area contributed by atoms with Gasteiger partial charge < -0.3 is 15.4 Å². The molecule has 1 aromatic carbocycles. The first-order chi connectivity index (χ1) is 10.1. The Morgan fingerprint density at radius 2 is 2.00 bits per heavy atom. The number of benzene rings is 1. The molecule has 0 saturated heterocycles. The molecule has 0 unspecified atom stereocenters. The third-order valence-electron chi connectivity index (χ3n) is 3.18. The highest BCUT2D eigenvalue weighted by Gasteiger charge is 2.09. The number of carboxylic acid groups (broad SMARTS) is 1. The number of rotatable bonds is 7. The second-order valence-electron chi connectivity index (χ2n) is 4.87. The molecule has 21 heavy (non-hydrogen) atoms. The molecule has 1 amide bonds. The van der Waals surface area contributed by atoms with E-state index < -0.39 is 5.97 Å². The highest BCUT2D eigenvalue weighted by atomic mass is 79.9. The van der Waals surface area contributed by atoms with E-state index in [1.54, 1.807) is 0 Å². The van der Waals surface area contributed by atoms with Gasteiger partial charge >= 0.3 is 5.97 Å². The number of aromatic amines is 1. The first kappa shape index (κ1) is 15.6. The summed E-state index contributed by atoms with van der Waals surface area (Å²) in [4.78, 5) is 25.4. The highest BCUT2D eigenvalue weighted by Crippen LogP contribution is 2.20. The van der Waals surface area contributed by atoms with Gasteiger partial charge in [0.1, 0.15) is 5.69 Å². The van der Waals surface area contributed by atoms with Gasteiger partial charge in [0.15, 0.2) is 0 Å². The molecular formula is C15H17BrN2O3. The van der Waals surface area contributed by atoms with Crippen molar-refractivity contribution in [1.29, 1.82) is 0 Å². The zero-order valence-electron chi connectivity index (χ0n) is 11.5. The Morgan fingerprint density at radius 3 is 2.76 bits per heavy atom. The summed E-state index contributed by atoms with van der Waals surface area (Å²) in [5.41, 5.74) is 1.45. The molecule has 6 heteroatoms. The Bertz CT molecular complexity index is 651. The maximum absolute atomic E-state index is 12.0. The minimum atomic E-state index is -0.775. The molecule has 0 spiro atoms. The Labute approximate surface area is 130 Å². The van der Waals surface area contributed by atoms with Gasteiger partial charge in [0.2, 0.25) is 0 Å². The predicted octanol–water partition coefficient (Wildman–Crippen LogP) is 3.31. The van der Waals surface area contributed by atoms with Gasteiger partial charge in [-0.3, -0.25) is 9.59 Å². The van der Waals surface area contributed by atoms with Crippen molar-refractivity contribution in [2.45, 2.75) is 25.7 Å². The quantitative estimate of drug-likeness (QED) is 0.668. The molecule has 0 atom stereocenters. The molecular weight excluding hydrogens is 336 g/mol. The average Bonchev–Trinajstić information content (AvgIpc) is 2.85. The molecule has 2 aromatic rings. The minimum absolute atomic E-state index is 0.138. The van der Waals surface area contributed by atoms with Gasteiger partial charge in [-0.2, -0.15) is 0 Å². The third kappa shape index (κ3) is 4.60. The van der Waals surface area contributed by atoms with Crippen LogP contribution >= 0.6 is 15.9 Å². The second kappa shape index (κ2) is 7.26. The van der Waals surface area contributed by atoms with Crippen molar-refractivity contribution in [3.8, 4) is 0 Å². The molecule has 112 valence electrons. The normalized spacial score (nSPS) is 10.7. The van der Waals surface area contributed by atoms with E-state index in [0.717, 1.165) is 28.2 Å². The molecule has 0 aliphatic heterocycles. The van der Waals surface area contributed by atoms with Crippen molar-refractivity contribution < 1.29 is 14.7 Å². The summed E-state index contributed by atoms with van der Waals surface area (Å²) in [5.74, 6) is -0.913. The number of carbonyl (C=O) groups is 2. The number of hydrogen-bond acceptors (Lipinski definition) is 2. The standard InChI is InChI=1S/C15H17BrN2O3/c16-11-6-5-10-8-13(18-12(10)9-11)15(21)17-7-3-1-2-4-14(19)20/h5-6,8-9,18H,1-4,7H2,(H,17,21)(H,19,20). The molecule has 2 rings (SSSR count). The van der Waals surface area contributed by atoms with Crippen molar-refractivity contribution in [3.63, 3.8) is 0 Å². The number of amides is 1. The van der Waals surface area contributed by atoms with E-state index >= 15 is 0 Å². The van der Waals surface area contributed by atoms with Crippen LogP contribution in [0.15, 0.2) is 28.7 Å². The number of aromatic nitrogens is 1. The van der Waals surface area contributed by atoms with Gasteiger partial charge in [-0.05, 0) is 31.0 Å². The van der Waals surface area contributed by atoms with Crippen molar-refractivity contribution in [2.75, 3.05) is 6.54 Å². The van der Waals surface area contributed by atoms with Crippen LogP contribution in [0.4, 0.5) is 0 Å². The zero-order chi connectivity index (χ0) is 15.2. The number of nitrogens with one attached hydrogen (secondary N) is 2. The van der Waals surface area contributed by atoms with Crippen LogP contribution in [0.3, 0.4) is 0 Å². The largest absolute Gasteiger partial charge is 0.481 e. The first-order valence-electron chi connectivity index (χ1n) is 6.84. The van der Waals surface area contributed by atoms with Gasteiger partial charge in [-0.1, -0.05) is 28.4 Å². The Morgan fingerprint density at radius 1 is 1.19 bits per heavy atom. The fourth-order valence-electron chi connectivity index (χ4n) is 2.10. The lowest BCUT2D eigenvalue weighted by atomic mass is 10.2. The SMILES string of the molecule is O=C(O)CCCCCNC(=O)c1cc2ccc(Br)cc2[nH]1. The molecule has 0 radical (unpaired) electrons. The van der Waals surface area contributed by atoms with Crippen LogP contribution in [-0.2, 0) is 4.79 Å². The van der Waals surface area contributed by atoms with Gasteiger partial charge in [-0.25, -0.2) is 0 Å². The lowest BCUT2D eigenvalue weighted by molar-refractivity contribution is -0.137. The summed E-state index contributed by atoms with van der Waals surface area (Å²) in [5, 5.41) is 12.3. The van der Waals surface area contributed by atoms with Gasteiger partial charge in [0.05, 0.1) is 0 Å². The van der Waals surface area contributed by atoms with E-state index in [0.29, 0.717) is 18.7 Å². The number of hydrogen-bond donors (Lipinski definition) is 3. The summed E-state index contributed by atoms with van der Waals surface area (Å²) in [6.07, 6.45) is 2.41. The van der Waals surface area contributed by atoms with Crippen LogP contribution in [0.5, 0.6) is 0 Å². The van der Waals surface area contributed by atoms with Crippen molar-refractivity contribution >= 4 is 38.7 Å². The summed E-state index contributed by atoms with van der Waals surface area (Å²) in [6.45, 7) is 0.553. The lowest BCUT2D eigenvalue weighted by Gasteiger charge is -2.03. The number of halogens is 1. The molecule has 5 nitrogen and oxygen atoms in total. The Hall–Kier alpha value is -1.82. The van der Waals surface area contributed by atoms with Gasteiger partial charge in [0.25, 0.3) is 5.91 Å². The predicted molar refractivity (Wildman–Crippen MR) is 84.4 cm³/mol. The average molecular weight is 353 g/mol. The maximum atomic E-state index is 12.0. The lowest BCUT2D eigenvalue weighted by Crippen LogP contribution is -2.24. The smallest absolute Gasteiger partial charge is 0.303 e. The number of carbonyl (C=O) groups excluding carboxylic acids is 1. The monoisotopic (exact) mass is 352 g/mol. The van der Waals surface area contributed by atoms with Crippen molar-refractivity contribution in [3.05, 3.63) is 34.4 Å². The van der Waals surface area contributed by atoms with Crippen LogP contribution in [0.1, 0.15) is 36.2 Å². The summed E-state index contributed by atoms with van der Waals surface area (Å²) in [6, 6.07) is 7.62. The highest BCUT2D eigenvalue weighted by molar-refractivity contribution is 9.10. The zero-order valence-corrected chi connectivity index (χ0v) is 13.1. The minimum Gasteiger partial charge on any atom is -0.481 e. The van der Waals surface area contributed by atoms with Crippen molar-refractivity contribution in [2.24, 2.45) is 0 Å². The van der Waals surface area contributed by atoms with Crippen LogP contribution in [0.2, 0.25) is 0 Å². The number of unbranched alkanes of at least 4 members (excludes halogenated alkanes) is 2. The maximum Gasteiger partial charge on any atom is 0.303 e. The van der Waals surface area contributed by atoms with Crippen molar-refractivity contribution in [1.82, 2.24) is 10.3 Å². The summed E-state index contributed by atoms with van der Waals surface area (Å²) < 4.78 is 0.960. The van der Waals surface area contributed by atoms with Crippen LogP contribution in [-0.4, -0.2) is 28.5 Å². The van der Waals surface area contributed by atoms with E-state index in [-0.39, 0.29) is 12.3 Å². The van der Waals surface area contributed by atoms with Crippen LogP contribution in [0, 0.1) is 0 Å². The summed E-state index contributed by atoms with van der Waals surface area (Å²) in [7, 11) is 0. The fraction of sp³-hybridized carbons (Fsp3) is 0.333. The van der Waals surface area contributed by atoms with Crippen LogP contribution < -0.4 is 5.32 Å². The van der Waals surface area contributed by atoms with E-state index in [2.05, 4.69) is 26.2 Å². The Kier molecular flexibility index (Phi) is 5.38. The van der Waals surface area contributed by atoms with E-state index in [9.17, 15) is 9.59 Å². The number of carboxylic acids is 1. The Balaban J connectivity index is 1.81. The summed E-state index contributed by atoms with van der Waals surface area (Å²) >= 11 is 3.39.